The smallest absolute Gasteiger partial charge is 0.390 e. The predicted molar refractivity (Wildman–Crippen MR) is 186 cm³/mol. The van der Waals surface area contributed by atoms with Crippen LogP contribution in [-0.4, -0.2) is 52.5 Å². The Morgan fingerprint density at radius 2 is 1.60 bits per heavy atom. The number of halogens is 5. The number of carbonyl (C=O) groups is 2. The van der Waals surface area contributed by atoms with Gasteiger partial charge in [0.05, 0.1) is 23.8 Å². The first-order valence-corrected chi connectivity index (χ1v) is 17.1. The number of H-pyrrole nitrogens is 1. The van der Waals surface area contributed by atoms with E-state index in [1.165, 1.54) is 17.0 Å². The van der Waals surface area contributed by atoms with Gasteiger partial charge in [-0.05, 0) is 73.2 Å². The van der Waals surface area contributed by atoms with Crippen molar-refractivity contribution < 1.29 is 36.6 Å². The number of hydrogen-bond donors (Lipinski definition) is 4. The number of rotatable bonds is 12. The van der Waals surface area contributed by atoms with E-state index < -0.39 is 58.4 Å². The van der Waals surface area contributed by atoms with Crippen LogP contribution in [0.2, 0.25) is 0 Å². The van der Waals surface area contributed by atoms with Crippen molar-refractivity contribution in [2.45, 2.75) is 75.4 Å². The molecule has 1 saturated carbocycles. The monoisotopic (exact) mass is 724 g/mol. The number of hydrogen-bond acceptors (Lipinski definition) is 5. The van der Waals surface area contributed by atoms with E-state index in [-0.39, 0.29) is 35.8 Å². The Kier molecular flexibility index (Phi) is 12.0. The first kappa shape index (κ1) is 38.4. The van der Waals surface area contributed by atoms with Crippen molar-refractivity contribution in [2.75, 3.05) is 13.6 Å². The summed E-state index contributed by atoms with van der Waals surface area (Å²) < 4.78 is 69.3. The summed E-state index contributed by atoms with van der Waals surface area (Å²) in [7, 11) is 1.57. The molecular weight excluding hydrogens is 683 g/mol. The molecule has 1 aliphatic carbocycles. The van der Waals surface area contributed by atoms with Crippen LogP contribution in [0.5, 0.6) is 0 Å². The summed E-state index contributed by atoms with van der Waals surface area (Å²) in [5, 5.41) is 17.5. The van der Waals surface area contributed by atoms with Crippen LogP contribution in [-0.2, 0) is 18.1 Å². The molecule has 1 aromatic heterocycles. The lowest BCUT2D eigenvalue weighted by molar-refractivity contribution is -0.137. The highest BCUT2D eigenvalue weighted by molar-refractivity contribution is 5.98. The molecule has 8 nitrogen and oxygen atoms in total. The largest absolute Gasteiger partial charge is 0.416 e. The first-order chi connectivity index (χ1) is 24.6. The number of pyridine rings is 1. The number of aliphatic hydroxyl groups excluding tert-OH is 1. The van der Waals surface area contributed by atoms with Gasteiger partial charge in [0.25, 0.3) is 11.8 Å². The van der Waals surface area contributed by atoms with Gasteiger partial charge in [-0.15, -0.1) is 0 Å². The minimum absolute atomic E-state index is 0.0644. The van der Waals surface area contributed by atoms with E-state index in [1.54, 1.807) is 13.1 Å². The molecule has 1 fully saturated rings. The fraction of sp³-hybridized carbons (Fsp3) is 0.359. The zero-order chi connectivity index (χ0) is 37.6. The third-order valence-corrected chi connectivity index (χ3v) is 9.78. The van der Waals surface area contributed by atoms with Crippen LogP contribution < -0.4 is 16.2 Å². The Balaban J connectivity index is 1.40. The molecule has 13 heteroatoms. The number of nitrogens with one attached hydrogen (secondary N) is 3. The Hall–Kier alpha value is -4.88. The first-order valence-electron chi connectivity index (χ1n) is 17.1. The molecule has 3 atom stereocenters. The second-order valence-corrected chi connectivity index (χ2v) is 13.4. The van der Waals surface area contributed by atoms with E-state index in [4.69, 9.17) is 0 Å². The van der Waals surface area contributed by atoms with Crippen molar-refractivity contribution in [1.29, 1.82) is 0 Å². The van der Waals surface area contributed by atoms with E-state index >= 15 is 0 Å². The molecule has 0 aliphatic heterocycles. The maximum Gasteiger partial charge on any atom is 0.416 e. The molecule has 0 bridgehead atoms. The molecule has 3 aromatic carbocycles. The average molecular weight is 725 g/mol. The molecule has 1 aliphatic rings. The summed E-state index contributed by atoms with van der Waals surface area (Å²) in [6.45, 7) is 1.60. The lowest BCUT2D eigenvalue weighted by Crippen LogP contribution is -2.53. The van der Waals surface area contributed by atoms with Crippen LogP contribution in [0.1, 0.15) is 88.2 Å². The summed E-state index contributed by atoms with van der Waals surface area (Å²) in [5.74, 6) is -3.15. The number of amides is 2. The highest BCUT2D eigenvalue weighted by Crippen LogP contribution is 2.39. The maximum atomic E-state index is 14.2. The van der Waals surface area contributed by atoms with Crippen molar-refractivity contribution >= 4 is 11.8 Å². The molecule has 52 heavy (non-hydrogen) atoms. The van der Waals surface area contributed by atoms with E-state index in [1.807, 2.05) is 37.3 Å². The van der Waals surface area contributed by atoms with Gasteiger partial charge < -0.3 is 25.6 Å². The zero-order valence-electron chi connectivity index (χ0n) is 28.8. The van der Waals surface area contributed by atoms with Crippen LogP contribution in [0, 0.1) is 11.6 Å². The van der Waals surface area contributed by atoms with E-state index in [0.717, 1.165) is 55.2 Å². The molecule has 5 rings (SSSR count). The van der Waals surface area contributed by atoms with Crippen LogP contribution in [0.25, 0.3) is 0 Å². The van der Waals surface area contributed by atoms with Crippen molar-refractivity contribution in [3.05, 3.63) is 140 Å². The van der Waals surface area contributed by atoms with E-state index in [0.29, 0.717) is 24.5 Å². The molecule has 4 N–H and O–H groups in total. The van der Waals surface area contributed by atoms with E-state index in [9.17, 15) is 41.4 Å². The summed E-state index contributed by atoms with van der Waals surface area (Å²) in [4.78, 5) is 43.6. The molecule has 0 radical (unpaired) electrons. The quantitative estimate of drug-likeness (QED) is 0.122. The Bertz CT molecular complexity index is 1910. The van der Waals surface area contributed by atoms with Crippen LogP contribution in [0.15, 0.2) is 89.7 Å². The molecule has 0 saturated heterocycles. The minimum atomic E-state index is -4.56. The van der Waals surface area contributed by atoms with Gasteiger partial charge >= 0.3 is 6.18 Å². The number of alkyl halides is 3. The van der Waals surface area contributed by atoms with Gasteiger partial charge in [0.2, 0.25) is 5.56 Å². The van der Waals surface area contributed by atoms with Gasteiger partial charge in [-0.25, -0.2) is 8.78 Å². The lowest BCUT2D eigenvalue weighted by atomic mass is 9.76. The van der Waals surface area contributed by atoms with Crippen LogP contribution in [0.4, 0.5) is 22.0 Å². The fourth-order valence-corrected chi connectivity index (χ4v) is 6.79. The number of carbonyl (C=O) groups excluding carboxylic acids is 2. The van der Waals surface area contributed by atoms with Crippen molar-refractivity contribution in [3.63, 3.8) is 0 Å². The Labute approximate surface area is 298 Å². The Morgan fingerprint density at radius 3 is 2.25 bits per heavy atom. The SMILES string of the molecule is C[C@H](c1ccccc1)N(C)C(=O)c1cc(C(=O)N[C@@H](Cc2cc(F)cc(F)c2)[C@H](O)CNC2(c3cccc(C(F)(F)F)c3)CCCCC2)[nH]c(=O)c1. The zero-order valence-corrected chi connectivity index (χ0v) is 28.8. The van der Waals surface area contributed by atoms with Gasteiger partial charge in [0.15, 0.2) is 0 Å². The van der Waals surface area contributed by atoms with E-state index in [2.05, 4.69) is 15.6 Å². The summed E-state index contributed by atoms with van der Waals surface area (Å²) in [5.41, 5.74) is -1.43. The maximum absolute atomic E-state index is 14.2. The lowest BCUT2D eigenvalue weighted by Gasteiger charge is -2.40. The minimum Gasteiger partial charge on any atom is -0.390 e. The van der Waals surface area contributed by atoms with Gasteiger partial charge in [0.1, 0.15) is 17.3 Å². The predicted octanol–water partition coefficient (Wildman–Crippen LogP) is 6.66. The summed E-state index contributed by atoms with van der Waals surface area (Å²) in [6.07, 6.45) is -2.91. The average Bonchev–Trinajstić information content (AvgIpc) is 3.12. The second-order valence-electron chi connectivity index (χ2n) is 13.4. The fourth-order valence-electron chi connectivity index (χ4n) is 6.79. The molecule has 1 heterocycles. The topological polar surface area (TPSA) is 115 Å². The van der Waals surface area contributed by atoms with Crippen molar-refractivity contribution in [3.8, 4) is 0 Å². The molecular formula is C39H41F5N4O4. The van der Waals surface area contributed by atoms with Gasteiger partial charge in [-0.1, -0.05) is 61.7 Å². The number of aliphatic hydroxyl groups is 1. The standard InChI is InChI=1S/C39H41F5N4O4/c1-24(26-10-5-3-6-11-26)48(2)37(52)27-19-33(46-35(50)20-27)36(51)47-32(18-25-16-30(40)22-31(41)17-25)34(49)23-45-38(14-7-4-8-15-38)28-12-9-13-29(21-28)39(42,43)44/h3,5-6,9-13,16-17,19-22,24,32,34,45,49H,4,7-8,14-15,18,23H2,1-2H3,(H,46,50)(H,47,51)/t24-,32+,34-/m1/s1. The van der Waals surface area contributed by atoms with Crippen LogP contribution in [0.3, 0.4) is 0 Å². The van der Waals surface area contributed by atoms with Crippen molar-refractivity contribution in [1.82, 2.24) is 20.5 Å². The normalized spacial score (nSPS) is 16.1. The third-order valence-electron chi connectivity index (χ3n) is 9.78. The number of aromatic nitrogens is 1. The van der Waals surface area contributed by atoms with Crippen molar-refractivity contribution in [2.24, 2.45) is 0 Å². The Morgan fingerprint density at radius 1 is 0.923 bits per heavy atom. The molecule has 4 aromatic rings. The van der Waals surface area contributed by atoms with Gasteiger partial charge in [-0.3, -0.25) is 14.4 Å². The number of aromatic amines is 1. The highest BCUT2D eigenvalue weighted by atomic mass is 19.4. The molecule has 276 valence electrons. The van der Waals surface area contributed by atoms with Crippen LogP contribution >= 0.6 is 0 Å². The number of benzene rings is 3. The second kappa shape index (κ2) is 16.2. The highest BCUT2D eigenvalue weighted by Gasteiger charge is 2.38. The number of nitrogens with zero attached hydrogens (tertiary/aromatic N) is 1. The molecule has 0 unspecified atom stereocenters. The third kappa shape index (κ3) is 9.31. The van der Waals surface area contributed by atoms with Gasteiger partial charge in [0, 0.05) is 36.8 Å². The molecule has 0 spiro atoms. The molecule has 2 amide bonds. The summed E-state index contributed by atoms with van der Waals surface area (Å²) in [6, 6.07) is 17.7. The summed E-state index contributed by atoms with van der Waals surface area (Å²) >= 11 is 0. The van der Waals surface area contributed by atoms with Gasteiger partial charge in [-0.2, -0.15) is 13.2 Å².